The van der Waals surface area contributed by atoms with Crippen LogP contribution in [-0.4, -0.2) is 45.2 Å². The van der Waals surface area contributed by atoms with Gasteiger partial charge in [0.2, 0.25) is 5.91 Å². The Hall–Kier alpha value is -3.15. The van der Waals surface area contributed by atoms with Crippen LogP contribution in [0.2, 0.25) is 0 Å². The highest BCUT2D eigenvalue weighted by atomic mass is 16.5. The van der Waals surface area contributed by atoms with Crippen molar-refractivity contribution in [2.75, 3.05) is 13.1 Å². The van der Waals surface area contributed by atoms with Crippen LogP contribution >= 0.6 is 0 Å². The molecule has 1 aliphatic carbocycles. The Morgan fingerprint density at radius 1 is 1.20 bits per heavy atom. The van der Waals surface area contributed by atoms with E-state index >= 15 is 0 Å². The van der Waals surface area contributed by atoms with E-state index in [1.165, 1.54) is 12.5 Å². The maximum Gasteiger partial charge on any atom is 0.245 e. The van der Waals surface area contributed by atoms with E-state index in [9.17, 15) is 4.79 Å². The summed E-state index contributed by atoms with van der Waals surface area (Å²) in [4.78, 5) is 19.0. The SMILES string of the molecule is C=CC(=O)N1CCCC(c2cc3cn[nH]c3c(-c3ccc(OC4CCC4)cc3)n2)C1. The number of H-pyrrole nitrogens is 1. The van der Waals surface area contributed by atoms with Gasteiger partial charge < -0.3 is 9.64 Å². The monoisotopic (exact) mass is 402 g/mol. The maximum atomic E-state index is 12.1. The first-order chi connectivity index (χ1) is 14.7. The second-order valence-electron chi connectivity index (χ2n) is 8.25. The van der Waals surface area contributed by atoms with Crippen LogP contribution in [0.5, 0.6) is 5.75 Å². The summed E-state index contributed by atoms with van der Waals surface area (Å²) in [6.07, 6.45) is 9.14. The van der Waals surface area contributed by atoms with E-state index in [1.54, 1.807) is 0 Å². The summed E-state index contributed by atoms with van der Waals surface area (Å²) in [5, 5.41) is 8.37. The molecule has 6 heteroatoms. The lowest BCUT2D eigenvalue weighted by Crippen LogP contribution is -2.38. The highest BCUT2D eigenvalue weighted by Crippen LogP contribution is 2.33. The molecular weight excluding hydrogens is 376 g/mol. The van der Waals surface area contributed by atoms with E-state index in [2.05, 4.69) is 35.0 Å². The van der Waals surface area contributed by atoms with Gasteiger partial charge in [0.1, 0.15) is 5.75 Å². The van der Waals surface area contributed by atoms with E-state index in [1.807, 2.05) is 23.2 Å². The fourth-order valence-corrected chi connectivity index (χ4v) is 4.31. The third-order valence-electron chi connectivity index (χ3n) is 6.26. The quantitative estimate of drug-likeness (QED) is 0.640. The molecule has 1 unspecified atom stereocenters. The highest BCUT2D eigenvalue weighted by Gasteiger charge is 2.26. The van der Waals surface area contributed by atoms with E-state index in [0.29, 0.717) is 12.6 Å². The van der Waals surface area contributed by atoms with Crippen molar-refractivity contribution in [1.29, 1.82) is 0 Å². The van der Waals surface area contributed by atoms with Crippen LogP contribution in [0.1, 0.15) is 43.7 Å². The molecule has 1 aliphatic heterocycles. The number of benzene rings is 1. The molecule has 3 heterocycles. The van der Waals surface area contributed by atoms with E-state index in [4.69, 9.17) is 9.72 Å². The Balaban J connectivity index is 1.46. The first-order valence-electron chi connectivity index (χ1n) is 10.7. The second-order valence-corrected chi connectivity index (χ2v) is 8.25. The van der Waals surface area contributed by atoms with Crippen molar-refractivity contribution in [3.63, 3.8) is 0 Å². The van der Waals surface area contributed by atoms with E-state index < -0.39 is 0 Å². The first kappa shape index (κ1) is 18.9. The Bertz CT molecular complexity index is 1070. The number of ether oxygens (including phenoxy) is 1. The molecule has 154 valence electrons. The van der Waals surface area contributed by atoms with Crippen molar-refractivity contribution < 1.29 is 9.53 Å². The van der Waals surface area contributed by atoms with Crippen molar-refractivity contribution >= 4 is 16.8 Å². The number of pyridine rings is 1. The zero-order valence-corrected chi connectivity index (χ0v) is 17.0. The van der Waals surface area contributed by atoms with E-state index in [-0.39, 0.29) is 11.8 Å². The molecule has 1 amide bonds. The molecule has 2 aromatic heterocycles. The molecule has 2 fully saturated rings. The zero-order valence-electron chi connectivity index (χ0n) is 17.0. The van der Waals surface area contributed by atoms with Crippen LogP contribution in [0.3, 0.4) is 0 Å². The number of piperidine rings is 1. The maximum absolute atomic E-state index is 12.1. The molecule has 0 spiro atoms. The average molecular weight is 402 g/mol. The smallest absolute Gasteiger partial charge is 0.245 e. The lowest BCUT2D eigenvalue weighted by Gasteiger charge is -2.32. The van der Waals surface area contributed by atoms with Gasteiger partial charge in [0.15, 0.2) is 0 Å². The molecule has 1 aromatic carbocycles. The molecule has 3 aromatic rings. The first-order valence-corrected chi connectivity index (χ1v) is 10.7. The summed E-state index contributed by atoms with van der Waals surface area (Å²) < 4.78 is 5.99. The molecular formula is C24H26N4O2. The van der Waals surface area contributed by atoms with Gasteiger partial charge in [-0.15, -0.1) is 0 Å². The van der Waals surface area contributed by atoms with Crippen LogP contribution in [0.4, 0.5) is 0 Å². The average Bonchev–Trinajstić information content (AvgIpc) is 3.24. The molecule has 5 rings (SSSR count). The van der Waals surface area contributed by atoms with Gasteiger partial charge in [-0.1, -0.05) is 6.58 Å². The topological polar surface area (TPSA) is 71.1 Å². The molecule has 0 radical (unpaired) electrons. The van der Waals surface area contributed by atoms with Crippen LogP contribution in [0, 0.1) is 0 Å². The Morgan fingerprint density at radius 3 is 2.77 bits per heavy atom. The number of hydrogen-bond donors (Lipinski definition) is 1. The molecule has 1 N–H and O–H groups in total. The number of carbonyl (C=O) groups is 1. The van der Waals surface area contributed by atoms with Crippen LogP contribution < -0.4 is 4.74 Å². The van der Waals surface area contributed by atoms with Gasteiger partial charge in [0, 0.05) is 35.7 Å². The van der Waals surface area contributed by atoms with Gasteiger partial charge in [0.25, 0.3) is 0 Å². The number of fused-ring (bicyclic) bond motifs is 1. The van der Waals surface area contributed by atoms with Crippen molar-refractivity contribution in [1.82, 2.24) is 20.1 Å². The molecule has 1 saturated carbocycles. The van der Waals surface area contributed by atoms with Gasteiger partial charge in [-0.3, -0.25) is 14.9 Å². The Kier molecular flexibility index (Phi) is 4.99. The lowest BCUT2D eigenvalue weighted by atomic mass is 9.93. The molecule has 1 saturated heterocycles. The lowest BCUT2D eigenvalue weighted by molar-refractivity contribution is -0.127. The molecule has 2 aliphatic rings. The fraction of sp³-hybridized carbons (Fsp3) is 0.375. The minimum absolute atomic E-state index is 0.00800. The summed E-state index contributed by atoms with van der Waals surface area (Å²) in [5.41, 5.74) is 3.86. The molecule has 6 nitrogen and oxygen atoms in total. The summed E-state index contributed by atoms with van der Waals surface area (Å²) >= 11 is 0. The van der Waals surface area contributed by atoms with Crippen LogP contribution in [0.15, 0.2) is 49.2 Å². The van der Waals surface area contributed by atoms with Gasteiger partial charge in [-0.05, 0) is 68.5 Å². The Morgan fingerprint density at radius 2 is 2.03 bits per heavy atom. The van der Waals surface area contributed by atoms with Gasteiger partial charge in [-0.2, -0.15) is 5.10 Å². The van der Waals surface area contributed by atoms with Crippen molar-refractivity contribution in [3.05, 3.63) is 54.9 Å². The summed E-state index contributed by atoms with van der Waals surface area (Å²) in [7, 11) is 0. The third kappa shape index (κ3) is 3.58. The number of aromatic nitrogens is 3. The molecule has 1 atom stereocenters. The predicted octanol–water partition coefficient (Wildman–Crippen LogP) is 4.45. The minimum atomic E-state index is -0.00800. The number of aromatic amines is 1. The number of carbonyl (C=O) groups excluding carboxylic acids is 1. The van der Waals surface area contributed by atoms with Gasteiger partial charge in [-0.25, -0.2) is 0 Å². The summed E-state index contributed by atoms with van der Waals surface area (Å²) in [6.45, 7) is 5.08. The van der Waals surface area contributed by atoms with Crippen LogP contribution in [0.25, 0.3) is 22.2 Å². The number of likely N-dealkylation sites (tertiary alicyclic amines) is 1. The standard InChI is InChI=1S/C24H26N4O2/c1-2-22(29)28-12-4-5-17(15-28)21-13-18-14-25-27-24(18)23(26-21)16-8-10-20(11-9-16)30-19-6-3-7-19/h2,8-11,13-14,17,19H,1,3-7,12,15H2,(H,25,27). The fourth-order valence-electron chi connectivity index (χ4n) is 4.31. The molecule has 0 bridgehead atoms. The summed E-state index contributed by atoms with van der Waals surface area (Å²) in [5.74, 6) is 1.11. The predicted molar refractivity (Wildman–Crippen MR) is 116 cm³/mol. The van der Waals surface area contributed by atoms with Crippen LogP contribution in [-0.2, 0) is 4.79 Å². The highest BCUT2D eigenvalue weighted by molar-refractivity contribution is 5.91. The second kappa shape index (κ2) is 7.94. The molecule has 30 heavy (non-hydrogen) atoms. The number of rotatable bonds is 5. The van der Waals surface area contributed by atoms with Gasteiger partial charge >= 0.3 is 0 Å². The number of nitrogens with zero attached hydrogens (tertiary/aromatic N) is 3. The summed E-state index contributed by atoms with van der Waals surface area (Å²) in [6, 6.07) is 10.3. The zero-order chi connectivity index (χ0) is 20.5. The van der Waals surface area contributed by atoms with Crippen molar-refractivity contribution in [2.45, 2.75) is 44.1 Å². The Labute approximate surface area is 176 Å². The normalized spacial score (nSPS) is 19.5. The minimum Gasteiger partial charge on any atom is -0.490 e. The van der Waals surface area contributed by atoms with E-state index in [0.717, 1.165) is 65.8 Å². The third-order valence-corrected chi connectivity index (χ3v) is 6.26. The van der Waals surface area contributed by atoms with Crippen molar-refractivity contribution in [3.8, 4) is 17.0 Å². The number of nitrogens with one attached hydrogen (secondary N) is 1. The largest absolute Gasteiger partial charge is 0.490 e. The number of hydrogen-bond acceptors (Lipinski definition) is 4. The van der Waals surface area contributed by atoms with Crippen molar-refractivity contribution in [2.24, 2.45) is 0 Å². The van der Waals surface area contributed by atoms with Gasteiger partial charge in [0.05, 0.1) is 23.5 Å². The number of amides is 1.